The van der Waals surface area contributed by atoms with E-state index in [-0.39, 0.29) is 11.9 Å². The lowest BCUT2D eigenvalue weighted by molar-refractivity contribution is 0.216. The number of halogens is 1. The molecule has 2 heterocycles. The van der Waals surface area contributed by atoms with Crippen LogP contribution in [0.3, 0.4) is 0 Å². The van der Waals surface area contributed by atoms with E-state index in [1.165, 1.54) is 18.9 Å². The highest BCUT2D eigenvalue weighted by Gasteiger charge is 2.25. The SMILES string of the molecule is Cc1ccc(NC(=S)NC[C@@H](c2ccco2)N2CCCC2)cc1F. The summed E-state index contributed by atoms with van der Waals surface area (Å²) in [4.78, 5) is 2.40. The van der Waals surface area contributed by atoms with Crippen LogP contribution in [0.25, 0.3) is 0 Å². The number of aryl methyl sites for hydroxylation is 1. The van der Waals surface area contributed by atoms with Gasteiger partial charge in [-0.05, 0) is 74.9 Å². The van der Waals surface area contributed by atoms with Crippen molar-refractivity contribution < 1.29 is 8.81 Å². The average molecular weight is 347 g/mol. The van der Waals surface area contributed by atoms with Crippen LogP contribution in [-0.4, -0.2) is 29.6 Å². The predicted octanol–water partition coefficient (Wildman–Crippen LogP) is 3.85. The molecule has 1 saturated heterocycles. The van der Waals surface area contributed by atoms with Crippen molar-refractivity contribution in [3.63, 3.8) is 0 Å². The molecule has 24 heavy (non-hydrogen) atoms. The van der Waals surface area contributed by atoms with Crippen LogP contribution < -0.4 is 10.6 Å². The molecule has 1 aromatic heterocycles. The lowest BCUT2D eigenvalue weighted by atomic mass is 10.2. The van der Waals surface area contributed by atoms with E-state index in [9.17, 15) is 4.39 Å². The van der Waals surface area contributed by atoms with Gasteiger partial charge >= 0.3 is 0 Å². The van der Waals surface area contributed by atoms with Crippen molar-refractivity contribution >= 4 is 23.0 Å². The molecule has 1 aliphatic rings. The van der Waals surface area contributed by atoms with Crippen LogP contribution in [0.15, 0.2) is 41.0 Å². The molecule has 6 heteroatoms. The Morgan fingerprint density at radius 3 is 2.79 bits per heavy atom. The smallest absolute Gasteiger partial charge is 0.170 e. The zero-order valence-corrected chi connectivity index (χ0v) is 14.5. The van der Waals surface area contributed by atoms with Crippen molar-refractivity contribution in [3.05, 3.63) is 53.7 Å². The Bertz CT molecular complexity index is 684. The number of anilines is 1. The highest BCUT2D eigenvalue weighted by atomic mass is 32.1. The Morgan fingerprint density at radius 1 is 1.33 bits per heavy atom. The van der Waals surface area contributed by atoms with Crippen molar-refractivity contribution in [1.82, 2.24) is 10.2 Å². The molecular weight excluding hydrogens is 325 g/mol. The summed E-state index contributed by atoms with van der Waals surface area (Å²) < 4.78 is 19.2. The van der Waals surface area contributed by atoms with E-state index < -0.39 is 0 Å². The number of furan rings is 1. The van der Waals surface area contributed by atoms with Gasteiger partial charge in [-0.15, -0.1) is 0 Å². The molecule has 1 fully saturated rings. The van der Waals surface area contributed by atoms with Crippen LogP contribution in [0.4, 0.5) is 10.1 Å². The molecule has 128 valence electrons. The summed E-state index contributed by atoms with van der Waals surface area (Å²) in [5, 5.41) is 6.74. The number of hydrogen-bond acceptors (Lipinski definition) is 3. The van der Waals surface area contributed by atoms with Crippen LogP contribution in [-0.2, 0) is 0 Å². The van der Waals surface area contributed by atoms with Gasteiger partial charge in [0.2, 0.25) is 0 Å². The number of hydrogen-bond donors (Lipinski definition) is 2. The van der Waals surface area contributed by atoms with Crippen molar-refractivity contribution in [1.29, 1.82) is 0 Å². The normalized spacial score (nSPS) is 16.1. The maximum Gasteiger partial charge on any atom is 0.170 e. The van der Waals surface area contributed by atoms with Crippen molar-refractivity contribution in [2.24, 2.45) is 0 Å². The van der Waals surface area contributed by atoms with Gasteiger partial charge in [-0.1, -0.05) is 6.07 Å². The first kappa shape index (κ1) is 16.9. The topological polar surface area (TPSA) is 40.4 Å². The molecule has 1 atom stereocenters. The van der Waals surface area contributed by atoms with Gasteiger partial charge in [-0.25, -0.2) is 4.39 Å². The quantitative estimate of drug-likeness (QED) is 0.804. The second-order valence-corrected chi connectivity index (χ2v) is 6.48. The average Bonchev–Trinajstić information content (AvgIpc) is 3.25. The van der Waals surface area contributed by atoms with Crippen LogP contribution in [0.1, 0.15) is 30.2 Å². The Balaban J connectivity index is 1.59. The van der Waals surface area contributed by atoms with Gasteiger partial charge < -0.3 is 15.1 Å². The summed E-state index contributed by atoms with van der Waals surface area (Å²) in [5.41, 5.74) is 1.26. The molecule has 2 aromatic rings. The van der Waals surface area contributed by atoms with Gasteiger partial charge in [0.15, 0.2) is 5.11 Å². The van der Waals surface area contributed by atoms with Gasteiger partial charge in [-0.3, -0.25) is 4.90 Å². The van der Waals surface area contributed by atoms with Crippen molar-refractivity contribution in [3.8, 4) is 0 Å². The van der Waals surface area contributed by atoms with Gasteiger partial charge in [0.05, 0.1) is 12.3 Å². The van der Waals surface area contributed by atoms with Crippen molar-refractivity contribution in [2.75, 3.05) is 25.0 Å². The number of nitrogens with zero attached hydrogens (tertiary/aromatic N) is 1. The largest absolute Gasteiger partial charge is 0.468 e. The Labute approximate surface area is 147 Å². The van der Waals surface area contributed by atoms with E-state index in [0.717, 1.165) is 18.8 Å². The third-order valence-electron chi connectivity index (χ3n) is 4.34. The van der Waals surface area contributed by atoms with E-state index in [1.807, 2.05) is 18.2 Å². The zero-order chi connectivity index (χ0) is 16.9. The highest BCUT2D eigenvalue weighted by molar-refractivity contribution is 7.80. The molecule has 0 bridgehead atoms. The molecule has 1 aliphatic heterocycles. The first-order chi connectivity index (χ1) is 11.6. The minimum Gasteiger partial charge on any atom is -0.468 e. The maximum atomic E-state index is 13.6. The van der Waals surface area contributed by atoms with Crippen LogP contribution in [0, 0.1) is 12.7 Å². The second-order valence-electron chi connectivity index (χ2n) is 6.07. The summed E-state index contributed by atoms with van der Waals surface area (Å²) in [7, 11) is 0. The van der Waals surface area contributed by atoms with Crippen LogP contribution in [0.2, 0.25) is 0 Å². The Hall–Kier alpha value is -1.92. The Morgan fingerprint density at radius 2 is 2.12 bits per heavy atom. The van der Waals surface area contributed by atoms with E-state index >= 15 is 0 Å². The molecule has 2 N–H and O–H groups in total. The molecule has 4 nitrogen and oxygen atoms in total. The van der Waals surface area contributed by atoms with E-state index in [1.54, 1.807) is 19.3 Å². The lowest BCUT2D eigenvalue weighted by Crippen LogP contribution is -2.38. The van der Waals surface area contributed by atoms with Crippen LogP contribution >= 0.6 is 12.2 Å². The summed E-state index contributed by atoms with van der Waals surface area (Å²) in [6.45, 7) is 4.51. The fraction of sp³-hybridized carbons (Fsp3) is 0.389. The summed E-state index contributed by atoms with van der Waals surface area (Å²) in [5.74, 6) is 0.696. The molecular formula is C18H22FN3OS. The van der Waals surface area contributed by atoms with E-state index in [2.05, 4.69) is 15.5 Å². The minimum atomic E-state index is -0.242. The molecule has 0 amide bonds. The highest BCUT2D eigenvalue weighted by Crippen LogP contribution is 2.25. The first-order valence-corrected chi connectivity index (χ1v) is 8.63. The number of likely N-dealkylation sites (tertiary alicyclic amines) is 1. The molecule has 3 rings (SSSR count). The number of benzene rings is 1. The monoisotopic (exact) mass is 347 g/mol. The summed E-state index contributed by atoms with van der Waals surface area (Å²) >= 11 is 5.34. The number of thiocarbonyl (C=S) groups is 1. The molecule has 0 saturated carbocycles. The van der Waals surface area contributed by atoms with Crippen LogP contribution in [0.5, 0.6) is 0 Å². The summed E-state index contributed by atoms with van der Waals surface area (Å²) in [6.07, 6.45) is 4.12. The number of nitrogens with one attached hydrogen (secondary N) is 2. The first-order valence-electron chi connectivity index (χ1n) is 8.22. The van der Waals surface area contributed by atoms with E-state index in [0.29, 0.717) is 22.9 Å². The number of rotatable bonds is 5. The zero-order valence-electron chi connectivity index (χ0n) is 13.7. The van der Waals surface area contributed by atoms with Gasteiger partial charge in [0.25, 0.3) is 0 Å². The standard InChI is InChI=1S/C18H22FN3OS/c1-13-6-7-14(11-15(13)19)21-18(24)20-12-16(17-5-4-10-23-17)22-8-2-3-9-22/h4-7,10-11,16H,2-3,8-9,12H2,1H3,(H2,20,21,24)/t16-/m0/s1. The van der Waals surface area contributed by atoms with E-state index in [4.69, 9.17) is 16.6 Å². The van der Waals surface area contributed by atoms with Gasteiger partial charge in [0, 0.05) is 12.2 Å². The summed E-state index contributed by atoms with van der Waals surface area (Å²) in [6, 6.07) is 9.05. The maximum absolute atomic E-state index is 13.6. The van der Waals surface area contributed by atoms with Crippen molar-refractivity contribution in [2.45, 2.75) is 25.8 Å². The van der Waals surface area contributed by atoms with Gasteiger partial charge in [-0.2, -0.15) is 0 Å². The molecule has 0 aliphatic carbocycles. The predicted molar refractivity (Wildman–Crippen MR) is 97.6 cm³/mol. The molecule has 1 aromatic carbocycles. The fourth-order valence-electron chi connectivity index (χ4n) is 2.98. The van der Waals surface area contributed by atoms with Gasteiger partial charge in [0.1, 0.15) is 11.6 Å². The molecule has 0 spiro atoms. The molecule has 0 radical (unpaired) electrons. The minimum absolute atomic E-state index is 0.150. The second kappa shape index (κ2) is 7.77. The Kier molecular flexibility index (Phi) is 5.48. The fourth-order valence-corrected chi connectivity index (χ4v) is 3.18. The lowest BCUT2D eigenvalue weighted by Gasteiger charge is -2.26. The third-order valence-corrected chi connectivity index (χ3v) is 4.59. The molecule has 0 unspecified atom stereocenters. The third kappa shape index (κ3) is 4.13.